The van der Waals surface area contributed by atoms with E-state index in [2.05, 4.69) is 48.3 Å². The maximum atomic E-state index is 9.83. The zero-order valence-corrected chi connectivity index (χ0v) is 15.2. The fourth-order valence-corrected chi connectivity index (χ4v) is 4.24. The molecular formula is C21H24N4. The third-order valence-corrected chi connectivity index (χ3v) is 5.36. The number of fused-ring (bicyclic) bond motifs is 3. The number of nitriles is 1. The fraction of sp³-hybridized carbons (Fsp3) is 0.429. The molecule has 1 aromatic carbocycles. The lowest BCUT2D eigenvalue weighted by Gasteiger charge is -2.33. The van der Waals surface area contributed by atoms with Gasteiger partial charge in [0.15, 0.2) is 5.65 Å². The summed E-state index contributed by atoms with van der Waals surface area (Å²) in [4.78, 5) is 7.32. The van der Waals surface area contributed by atoms with Crippen molar-refractivity contribution in [2.45, 2.75) is 46.0 Å². The zero-order chi connectivity index (χ0) is 17.6. The molecule has 0 unspecified atom stereocenters. The van der Waals surface area contributed by atoms with Crippen LogP contribution in [0.25, 0.3) is 16.7 Å². The molecule has 4 heteroatoms. The molecule has 1 aliphatic rings. The first-order valence-corrected chi connectivity index (χ1v) is 9.22. The van der Waals surface area contributed by atoms with E-state index in [1.165, 1.54) is 30.6 Å². The molecule has 0 atom stereocenters. The predicted molar refractivity (Wildman–Crippen MR) is 102 cm³/mol. The summed E-state index contributed by atoms with van der Waals surface area (Å²) >= 11 is 0. The molecular weight excluding hydrogens is 308 g/mol. The van der Waals surface area contributed by atoms with Crippen molar-refractivity contribution in [1.82, 2.24) is 9.38 Å². The second-order valence-corrected chi connectivity index (χ2v) is 7.31. The molecule has 0 bridgehead atoms. The summed E-state index contributed by atoms with van der Waals surface area (Å²) in [5, 5.41) is 9.83. The lowest BCUT2D eigenvalue weighted by Crippen LogP contribution is -2.32. The Bertz CT molecular complexity index is 985. The van der Waals surface area contributed by atoms with Crippen LogP contribution in [0.2, 0.25) is 0 Å². The quantitative estimate of drug-likeness (QED) is 0.678. The highest BCUT2D eigenvalue weighted by Gasteiger charge is 2.26. The normalized spacial score (nSPS) is 15.2. The Morgan fingerprint density at radius 2 is 1.84 bits per heavy atom. The van der Waals surface area contributed by atoms with E-state index in [0.29, 0.717) is 11.5 Å². The van der Waals surface area contributed by atoms with Gasteiger partial charge in [0, 0.05) is 18.7 Å². The smallest absolute Gasteiger partial charge is 0.157 e. The van der Waals surface area contributed by atoms with Gasteiger partial charge in [0.25, 0.3) is 0 Å². The summed E-state index contributed by atoms with van der Waals surface area (Å²) in [6, 6.07) is 10.6. The first-order valence-electron chi connectivity index (χ1n) is 9.22. The third kappa shape index (κ3) is 2.38. The number of piperidine rings is 1. The molecule has 4 rings (SSSR count). The van der Waals surface area contributed by atoms with Crippen LogP contribution in [0.5, 0.6) is 0 Å². The molecule has 3 aromatic rings. The number of anilines is 1. The van der Waals surface area contributed by atoms with Gasteiger partial charge in [0.1, 0.15) is 11.9 Å². The van der Waals surface area contributed by atoms with Crippen molar-refractivity contribution in [1.29, 1.82) is 5.26 Å². The van der Waals surface area contributed by atoms with E-state index < -0.39 is 0 Å². The molecule has 0 N–H and O–H groups in total. The topological polar surface area (TPSA) is 44.3 Å². The van der Waals surface area contributed by atoms with Gasteiger partial charge >= 0.3 is 0 Å². The fourth-order valence-electron chi connectivity index (χ4n) is 4.24. The summed E-state index contributed by atoms with van der Waals surface area (Å²) in [5.74, 6) is 1.60. The Hall–Kier alpha value is -2.54. The molecule has 0 aliphatic carbocycles. The van der Waals surface area contributed by atoms with Gasteiger partial charge < -0.3 is 4.90 Å². The van der Waals surface area contributed by atoms with Crippen molar-refractivity contribution >= 4 is 22.5 Å². The average molecular weight is 332 g/mol. The number of nitrogens with zero attached hydrogens (tertiary/aromatic N) is 4. The Morgan fingerprint density at radius 3 is 2.52 bits per heavy atom. The first kappa shape index (κ1) is 16.0. The van der Waals surface area contributed by atoms with E-state index in [1.807, 2.05) is 12.1 Å². The van der Waals surface area contributed by atoms with Crippen molar-refractivity contribution < 1.29 is 0 Å². The van der Waals surface area contributed by atoms with Crippen LogP contribution in [-0.2, 0) is 0 Å². The van der Waals surface area contributed by atoms with E-state index in [9.17, 15) is 5.26 Å². The number of benzene rings is 1. The third-order valence-electron chi connectivity index (χ3n) is 5.36. The van der Waals surface area contributed by atoms with Gasteiger partial charge in [-0.05, 0) is 49.8 Å². The number of rotatable bonds is 2. The summed E-state index contributed by atoms with van der Waals surface area (Å²) in [5.41, 5.74) is 5.93. The molecule has 0 amide bonds. The Kier molecular flexibility index (Phi) is 3.88. The van der Waals surface area contributed by atoms with Crippen LogP contribution in [0.15, 0.2) is 24.3 Å². The standard InChI is InChI=1S/C21H24N4/c1-14(2)19-15(3)16(13-22)20-23-17-9-5-6-10-18(17)25(20)21(19)24-11-7-4-8-12-24/h5-6,9-10,14H,4,7-8,11-12H2,1-3H3. The van der Waals surface area contributed by atoms with Gasteiger partial charge in [-0.3, -0.25) is 4.40 Å². The van der Waals surface area contributed by atoms with Crippen molar-refractivity contribution in [2.75, 3.05) is 18.0 Å². The SMILES string of the molecule is Cc1c(C(C)C)c(N2CCCCC2)n2c(nc3ccccc32)c1C#N. The molecule has 1 fully saturated rings. The summed E-state index contributed by atoms with van der Waals surface area (Å²) in [6.07, 6.45) is 3.76. The molecule has 0 saturated carbocycles. The second-order valence-electron chi connectivity index (χ2n) is 7.31. The Labute approximate surface area is 148 Å². The van der Waals surface area contributed by atoms with Gasteiger partial charge in [0.2, 0.25) is 0 Å². The van der Waals surface area contributed by atoms with E-state index in [4.69, 9.17) is 4.98 Å². The number of hydrogen-bond donors (Lipinski definition) is 0. The van der Waals surface area contributed by atoms with Crippen LogP contribution >= 0.6 is 0 Å². The highest BCUT2D eigenvalue weighted by atomic mass is 15.2. The van der Waals surface area contributed by atoms with E-state index in [1.54, 1.807) is 0 Å². The molecule has 0 spiro atoms. The highest BCUT2D eigenvalue weighted by Crippen LogP contribution is 2.37. The van der Waals surface area contributed by atoms with E-state index in [-0.39, 0.29) is 0 Å². The van der Waals surface area contributed by atoms with Crippen LogP contribution in [-0.4, -0.2) is 22.5 Å². The largest absolute Gasteiger partial charge is 0.357 e. The van der Waals surface area contributed by atoms with Gasteiger partial charge in [-0.1, -0.05) is 26.0 Å². The summed E-state index contributed by atoms with van der Waals surface area (Å²) in [6.45, 7) is 8.68. The van der Waals surface area contributed by atoms with E-state index in [0.717, 1.165) is 35.3 Å². The average Bonchev–Trinajstić information content (AvgIpc) is 3.00. The van der Waals surface area contributed by atoms with Crippen LogP contribution in [0.4, 0.5) is 5.82 Å². The van der Waals surface area contributed by atoms with Gasteiger partial charge in [0.05, 0.1) is 16.6 Å². The van der Waals surface area contributed by atoms with Crippen molar-refractivity contribution in [3.63, 3.8) is 0 Å². The maximum absolute atomic E-state index is 9.83. The molecule has 3 heterocycles. The summed E-state index contributed by atoms with van der Waals surface area (Å²) < 4.78 is 2.24. The second kappa shape index (κ2) is 6.07. The molecule has 2 aromatic heterocycles. The monoisotopic (exact) mass is 332 g/mol. The molecule has 1 aliphatic heterocycles. The van der Waals surface area contributed by atoms with E-state index >= 15 is 0 Å². The van der Waals surface area contributed by atoms with Crippen LogP contribution in [0, 0.1) is 18.3 Å². The molecule has 1 saturated heterocycles. The zero-order valence-electron chi connectivity index (χ0n) is 15.2. The molecule has 128 valence electrons. The minimum absolute atomic E-state index is 0.356. The minimum atomic E-state index is 0.356. The molecule has 0 radical (unpaired) electrons. The van der Waals surface area contributed by atoms with Gasteiger partial charge in [-0.2, -0.15) is 5.26 Å². The predicted octanol–water partition coefficient (Wildman–Crippen LogP) is 4.78. The number of aromatic nitrogens is 2. The van der Waals surface area contributed by atoms with Crippen molar-refractivity contribution in [2.24, 2.45) is 0 Å². The molecule has 25 heavy (non-hydrogen) atoms. The van der Waals surface area contributed by atoms with Crippen LogP contribution < -0.4 is 4.90 Å². The summed E-state index contributed by atoms with van der Waals surface area (Å²) in [7, 11) is 0. The lowest BCUT2D eigenvalue weighted by atomic mass is 9.94. The van der Waals surface area contributed by atoms with Gasteiger partial charge in [-0.15, -0.1) is 0 Å². The number of pyridine rings is 1. The minimum Gasteiger partial charge on any atom is -0.357 e. The Balaban J connectivity index is 2.18. The maximum Gasteiger partial charge on any atom is 0.157 e. The molecule has 4 nitrogen and oxygen atoms in total. The Morgan fingerprint density at radius 1 is 1.12 bits per heavy atom. The number of para-hydroxylation sites is 2. The highest BCUT2D eigenvalue weighted by molar-refractivity contribution is 5.86. The van der Waals surface area contributed by atoms with Crippen LogP contribution in [0.1, 0.15) is 55.7 Å². The van der Waals surface area contributed by atoms with Crippen LogP contribution in [0.3, 0.4) is 0 Å². The van der Waals surface area contributed by atoms with Crippen molar-refractivity contribution in [3.8, 4) is 6.07 Å². The number of imidazole rings is 1. The lowest BCUT2D eigenvalue weighted by molar-refractivity contribution is 0.568. The first-order chi connectivity index (χ1) is 12.1. The van der Waals surface area contributed by atoms with Gasteiger partial charge in [-0.25, -0.2) is 4.98 Å². The van der Waals surface area contributed by atoms with Crippen molar-refractivity contribution in [3.05, 3.63) is 41.0 Å². The number of hydrogen-bond acceptors (Lipinski definition) is 3.